The van der Waals surface area contributed by atoms with Gasteiger partial charge in [-0.1, -0.05) is 312 Å². The van der Waals surface area contributed by atoms with E-state index in [2.05, 4.69) is 423 Å². The molecule has 0 N–H and O–H groups in total. The molecule has 5 aromatic heterocycles. The first-order valence-corrected chi connectivity index (χ1v) is 41.1. The molecule has 9 aromatic carbocycles. The molecular formula is C106H112BN7. The molecule has 0 spiro atoms. The summed E-state index contributed by atoms with van der Waals surface area (Å²) >= 11 is 0. The molecule has 114 heavy (non-hydrogen) atoms. The lowest BCUT2D eigenvalue weighted by Gasteiger charge is -2.46. The Morgan fingerprint density at radius 2 is 0.588 bits per heavy atom. The monoisotopic (exact) mass is 1490 g/mol. The van der Waals surface area contributed by atoms with Crippen LogP contribution in [-0.2, 0) is 43.3 Å². The van der Waals surface area contributed by atoms with Gasteiger partial charge in [-0.2, -0.15) is 0 Å². The maximum Gasteiger partial charge on any atom is 0.252 e. The number of benzene rings is 9. The summed E-state index contributed by atoms with van der Waals surface area (Å²) in [5.74, 6) is 0. The Bertz CT molecular complexity index is 5830. The largest absolute Gasteiger partial charge is 0.310 e. The van der Waals surface area contributed by atoms with Crippen molar-refractivity contribution in [3.8, 4) is 72.7 Å². The molecule has 0 saturated heterocycles. The fourth-order valence-electron chi connectivity index (χ4n) is 16.8. The average Bonchev–Trinajstić information content (AvgIpc) is 0.720. The molecule has 0 amide bonds. The van der Waals surface area contributed by atoms with Gasteiger partial charge in [0, 0.05) is 122 Å². The molecule has 0 fully saturated rings. The van der Waals surface area contributed by atoms with E-state index < -0.39 is 0 Å². The van der Waals surface area contributed by atoms with Gasteiger partial charge in [0.15, 0.2) is 0 Å². The molecule has 0 aliphatic carbocycles. The molecule has 0 atom stereocenters. The number of pyridine rings is 4. The maximum atomic E-state index is 5.78. The van der Waals surface area contributed by atoms with Crippen LogP contribution < -0.4 is 26.2 Å². The summed E-state index contributed by atoms with van der Waals surface area (Å²) in [5.41, 5.74) is 32.7. The van der Waals surface area contributed by atoms with Crippen molar-refractivity contribution in [3.63, 3.8) is 0 Å². The molecule has 2 aliphatic rings. The van der Waals surface area contributed by atoms with Crippen molar-refractivity contribution in [3.05, 3.63) is 288 Å². The van der Waals surface area contributed by atoms with E-state index in [9.17, 15) is 0 Å². The van der Waals surface area contributed by atoms with Crippen molar-refractivity contribution < 1.29 is 0 Å². The minimum absolute atomic E-state index is 0.122. The standard InChI is InChI=1S/C106H112BN7/c1-99(2,3)71-49-53-84-78(61-71)79-62-72(100(4,5)6)50-54-85(79)112(84)73-63-88-96-89(64-73)114(98-76(82-43-33-45-90(108-82)101(7,8)9)41-32-42-77(98)83-44-34-46-91(109-83)102(10,11)12)87-52-48-68(66-37-29-26-30-38-66)56-81(87)107(96)80-55-67(65-35-27-25-28-36-65)47-51-86(80)113(88)97-74(69-57-92(103(13,14)15)110-93(58-69)104(16,17)18)39-31-40-75(97)70-59-94(105(19,20)21)111-95(60-70)106(22,23)24/h25-64H,1-24H3. The van der Waals surface area contributed by atoms with Crippen LogP contribution in [0.15, 0.2) is 243 Å². The number of fused-ring (bicyclic) bond motifs is 7. The lowest BCUT2D eigenvalue weighted by molar-refractivity contribution is 0.531. The molecule has 0 saturated carbocycles. The van der Waals surface area contributed by atoms with E-state index in [0.29, 0.717) is 0 Å². The van der Waals surface area contributed by atoms with Gasteiger partial charge in [0.1, 0.15) is 0 Å². The topological polar surface area (TPSA) is 63.0 Å². The van der Waals surface area contributed by atoms with E-state index in [1.54, 1.807) is 0 Å². The van der Waals surface area contributed by atoms with Crippen LogP contribution in [0.5, 0.6) is 0 Å². The summed E-state index contributed by atoms with van der Waals surface area (Å²) in [4.78, 5) is 28.2. The van der Waals surface area contributed by atoms with E-state index in [1.165, 1.54) is 38.3 Å². The number of hydrogen-bond donors (Lipinski definition) is 0. The van der Waals surface area contributed by atoms with Crippen LogP contribution in [0.3, 0.4) is 0 Å². The Morgan fingerprint density at radius 3 is 0.939 bits per heavy atom. The van der Waals surface area contributed by atoms with E-state index in [0.717, 1.165) is 152 Å². The predicted molar refractivity (Wildman–Crippen MR) is 488 cm³/mol. The van der Waals surface area contributed by atoms with E-state index in [1.807, 2.05) is 0 Å². The van der Waals surface area contributed by atoms with Crippen LogP contribution in [0, 0.1) is 0 Å². The molecule has 8 heteroatoms. The Morgan fingerprint density at radius 1 is 0.246 bits per heavy atom. The summed E-state index contributed by atoms with van der Waals surface area (Å²) in [6.07, 6.45) is 0. The van der Waals surface area contributed by atoms with Crippen molar-refractivity contribution >= 4 is 79.0 Å². The summed E-state index contributed by atoms with van der Waals surface area (Å²) in [6.45, 7) is 54.9. The number of aromatic nitrogens is 5. The number of rotatable bonds is 9. The molecular weight excluding hydrogens is 1380 g/mol. The van der Waals surface area contributed by atoms with Crippen molar-refractivity contribution in [1.29, 1.82) is 0 Å². The zero-order chi connectivity index (χ0) is 81.1. The van der Waals surface area contributed by atoms with Gasteiger partial charge in [-0.25, -0.2) is 0 Å². The van der Waals surface area contributed by atoms with E-state index >= 15 is 0 Å². The summed E-state index contributed by atoms with van der Waals surface area (Å²) in [6, 6.07) is 93.1. The number of anilines is 6. The quantitative estimate of drug-likeness (QED) is 0.134. The van der Waals surface area contributed by atoms with E-state index in [4.69, 9.17) is 19.9 Å². The van der Waals surface area contributed by atoms with Crippen LogP contribution >= 0.6 is 0 Å². The highest BCUT2D eigenvalue weighted by molar-refractivity contribution is 7.00. The summed E-state index contributed by atoms with van der Waals surface area (Å²) < 4.78 is 2.60. The second kappa shape index (κ2) is 27.4. The van der Waals surface area contributed by atoms with Crippen LogP contribution in [0.1, 0.15) is 211 Å². The molecule has 2 aliphatic heterocycles. The first-order chi connectivity index (χ1) is 53.6. The van der Waals surface area contributed by atoms with Crippen molar-refractivity contribution in [2.75, 3.05) is 9.80 Å². The zero-order valence-corrected chi connectivity index (χ0v) is 71.8. The average molecular weight is 1490 g/mol. The van der Waals surface area contributed by atoms with Gasteiger partial charge >= 0.3 is 0 Å². The Balaban J connectivity index is 1.16. The smallest absolute Gasteiger partial charge is 0.252 e. The van der Waals surface area contributed by atoms with Crippen LogP contribution in [0.25, 0.3) is 94.5 Å². The molecule has 7 nitrogen and oxygen atoms in total. The van der Waals surface area contributed by atoms with Gasteiger partial charge in [0.2, 0.25) is 0 Å². The molecule has 0 radical (unpaired) electrons. The molecule has 7 heterocycles. The SMILES string of the molecule is CC(C)(C)c1ccc2c(c1)c1cc(C(C)(C)C)ccc1n2-c1cc2c3c(c1)N(c1c(-c4cccc(C(C)(C)C)n4)cccc1-c1cccc(C(C)(C)C)n1)c1ccc(-c4ccccc4)cc1B3c1cc(-c3ccccc3)ccc1N2c1c(-c2cc(C(C)(C)C)nc(C(C)(C)C)c2)cccc1-c1cc(C(C)(C)C)nc(C(C)(C)C)c1. The first kappa shape index (κ1) is 77.0. The van der Waals surface area contributed by atoms with Crippen molar-refractivity contribution in [2.45, 2.75) is 209 Å². The third kappa shape index (κ3) is 14.0. The lowest BCUT2D eigenvalue weighted by Crippen LogP contribution is -2.61. The van der Waals surface area contributed by atoms with Gasteiger partial charge in [-0.05, 0) is 169 Å². The van der Waals surface area contributed by atoms with Crippen LogP contribution in [0.2, 0.25) is 0 Å². The first-order valence-electron chi connectivity index (χ1n) is 41.1. The van der Waals surface area contributed by atoms with Crippen LogP contribution in [-0.4, -0.2) is 31.2 Å². The number of nitrogens with zero attached hydrogens (tertiary/aromatic N) is 7. The van der Waals surface area contributed by atoms with Gasteiger partial charge in [-0.15, -0.1) is 0 Å². The Kier molecular flexibility index (Phi) is 18.5. The highest BCUT2D eigenvalue weighted by atomic mass is 15.2. The molecule has 16 rings (SSSR count). The van der Waals surface area contributed by atoms with E-state index in [-0.39, 0.29) is 50.0 Å². The van der Waals surface area contributed by atoms with Crippen molar-refractivity contribution in [2.24, 2.45) is 0 Å². The van der Waals surface area contributed by atoms with Crippen LogP contribution in [0.4, 0.5) is 34.1 Å². The summed E-state index contributed by atoms with van der Waals surface area (Å²) in [5, 5.41) is 2.44. The summed E-state index contributed by atoms with van der Waals surface area (Å²) in [7, 11) is 0. The molecule has 0 bridgehead atoms. The normalized spacial score (nSPS) is 13.6. The zero-order valence-electron chi connectivity index (χ0n) is 71.8. The van der Waals surface area contributed by atoms with Crippen molar-refractivity contribution in [1.82, 2.24) is 24.5 Å². The second-order valence-corrected chi connectivity index (χ2v) is 40.6. The second-order valence-electron chi connectivity index (χ2n) is 40.6. The lowest BCUT2D eigenvalue weighted by atomic mass is 9.33. The predicted octanol–water partition coefficient (Wildman–Crippen LogP) is 26.8. The highest BCUT2D eigenvalue weighted by Crippen LogP contribution is 2.55. The Hall–Kier alpha value is -11.0. The Labute approximate surface area is 679 Å². The van der Waals surface area contributed by atoms with Gasteiger partial charge < -0.3 is 14.4 Å². The minimum atomic E-state index is -0.339. The maximum absolute atomic E-state index is 5.78. The fourth-order valence-corrected chi connectivity index (χ4v) is 16.8. The third-order valence-corrected chi connectivity index (χ3v) is 23.5. The minimum Gasteiger partial charge on any atom is -0.310 e. The van der Waals surface area contributed by atoms with Gasteiger partial charge in [0.25, 0.3) is 6.71 Å². The molecule has 14 aromatic rings. The molecule has 574 valence electrons. The van der Waals surface area contributed by atoms with Gasteiger partial charge in [-0.3, -0.25) is 19.9 Å². The highest BCUT2D eigenvalue weighted by Gasteiger charge is 2.47. The number of hydrogen-bond acceptors (Lipinski definition) is 6. The third-order valence-electron chi connectivity index (χ3n) is 23.5. The fraction of sp³-hybridized carbons (Fsp3) is 0.302. The number of para-hydroxylation sites is 2. The molecule has 0 unspecified atom stereocenters. The van der Waals surface area contributed by atoms with Gasteiger partial charge in [0.05, 0.1) is 39.5 Å².